The molecule has 4 rings (SSSR count). The number of sulfonamides is 1. The predicted octanol–water partition coefficient (Wildman–Crippen LogP) is 2.89. The average Bonchev–Trinajstić information content (AvgIpc) is 3.19. The molecule has 2 aromatic rings. The molecule has 8 heteroatoms. The molecule has 1 amide bonds. The summed E-state index contributed by atoms with van der Waals surface area (Å²) in [4.78, 5) is 14.6. The lowest BCUT2D eigenvalue weighted by atomic mass is 10.1. The van der Waals surface area contributed by atoms with Crippen molar-refractivity contribution in [2.24, 2.45) is 0 Å². The molecule has 1 fully saturated rings. The van der Waals surface area contributed by atoms with E-state index in [9.17, 15) is 13.2 Å². The van der Waals surface area contributed by atoms with Gasteiger partial charge in [-0.1, -0.05) is 23.8 Å². The Labute approximate surface area is 182 Å². The number of carbonyl (C=O) groups excluding carboxylic acids is 1. The Kier molecular flexibility index (Phi) is 5.77. The molecule has 2 aliphatic rings. The molecule has 0 saturated carbocycles. The highest BCUT2D eigenvalue weighted by atomic mass is 32.2. The van der Waals surface area contributed by atoms with E-state index in [1.165, 1.54) is 10.4 Å². The van der Waals surface area contributed by atoms with Crippen molar-refractivity contribution in [1.82, 2.24) is 9.21 Å². The van der Waals surface area contributed by atoms with Crippen LogP contribution in [0, 0.1) is 20.8 Å². The summed E-state index contributed by atoms with van der Waals surface area (Å²) >= 11 is 0. The molecule has 7 nitrogen and oxygen atoms in total. The molecular formula is C23H26N2O5S. The number of aryl methyl sites for hydroxylation is 3. The first kappa shape index (κ1) is 21.4. The van der Waals surface area contributed by atoms with Crippen LogP contribution >= 0.6 is 0 Å². The quantitative estimate of drug-likeness (QED) is 0.681. The van der Waals surface area contributed by atoms with Crippen molar-refractivity contribution < 1.29 is 22.7 Å². The van der Waals surface area contributed by atoms with Gasteiger partial charge in [0.05, 0.1) is 4.90 Å². The van der Waals surface area contributed by atoms with Crippen molar-refractivity contribution >= 4 is 22.0 Å². The van der Waals surface area contributed by atoms with E-state index in [2.05, 4.69) is 0 Å². The molecule has 2 aromatic carbocycles. The molecule has 0 aliphatic carbocycles. The molecule has 0 aromatic heterocycles. The maximum Gasteiger partial charge on any atom is 0.246 e. The maximum atomic E-state index is 13.2. The lowest BCUT2D eigenvalue weighted by Crippen LogP contribution is -2.50. The molecule has 164 valence electrons. The van der Waals surface area contributed by atoms with Gasteiger partial charge in [0.1, 0.15) is 0 Å². The number of rotatable bonds is 4. The van der Waals surface area contributed by atoms with Gasteiger partial charge in [-0.25, -0.2) is 8.42 Å². The SMILES string of the molecule is Cc1cc(C)c(S(=O)(=O)N2CCN(C(=O)/C=C/c3ccc4c(c3)OCO4)CC2)c(C)c1. The number of piperazine rings is 1. The second kappa shape index (κ2) is 8.36. The number of nitrogens with zero attached hydrogens (tertiary/aromatic N) is 2. The number of benzene rings is 2. The molecule has 31 heavy (non-hydrogen) atoms. The van der Waals surface area contributed by atoms with Gasteiger partial charge < -0.3 is 14.4 Å². The Morgan fingerprint density at radius 2 is 1.58 bits per heavy atom. The summed E-state index contributed by atoms with van der Waals surface area (Å²) in [6, 6.07) is 9.27. The van der Waals surface area contributed by atoms with Gasteiger partial charge in [-0.2, -0.15) is 4.31 Å². The Morgan fingerprint density at radius 3 is 2.26 bits per heavy atom. The van der Waals surface area contributed by atoms with Gasteiger partial charge in [0.15, 0.2) is 11.5 Å². The first-order chi connectivity index (χ1) is 14.8. The van der Waals surface area contributed by atoms with Crippen LogP contribution < -0.4 is 9.47 Å². The van der Waals surface area contributed by atoms with E-state index in [1.54, 1.807) is 11.0 Å². The van der Waals surface area contributed by atoms with Crippen molar-refractivity contribution in [2.75, 3.05) is 33.0 Å². The predicted molar refractivity (Wildman–Crippen MR) is 118 cm³/mol. The number of hydrogen-bond acceptors (Lipinski definition) is 5. The normalized spacial score (nSPS) is 16.8. The summed E-state index contributed by atoms with van der Waals surface area (Å²) in [5.41, 5.74) is 3.38. The number of amides is 1. The van der Waals surface area contributed by atoms with Gasteiger partial charge in [0.25, 0.3) is 0 Å². The second-order valence-corrected chi connectivity index (χ2v) is 9.78. The zero-order chi connectivity index (χ0) is 22.2. The fourth-order valence-corrected chi connectivity index (χ4v) is 5.98. The molecule has 0 radical (unpaired) electrons. The van der Waals surface area contributed by atoms with Crippen LogP contribution in [0.4, 0.5) is 0 Å². The van der Waals surface area contributed by atoms with Crippen LogP contribution in [0.5, 0.6) is 11.5 Å². The molecule has 0 atom stereocenters. The van der Waals surface area contributed by atoms with Gasteiger partial charge >= 0.3 is 0 Å². The third kappa shape index (κ3) is 4.31. The van der Waals surface area contributed by atoms with Crippen LogP contribution in [0.2, 0.25) is 0 Å². The van der Waals surface area contributed by atoms with Gasteiger partial charge in [0, 0.05) is 32.3 Å². The summed E-state index contributed by atoms with van der Waals surface area (Å²) in [5.74, 6) is 1.22. The van der Waals surface area contributed by atoms with E-state index in [0.29, 0.717) is 29.5 Å². The van der Waals surface area contributed by atoms with Crippen LogP contribution in [0.15, 0.2) is 41.3 Å². The van der Waals surface area contributed by atoms with Crippen molar-refractivity contribution in [3.05, 3.63) is 58.7 Å². The lowest BCUT2D eigenvalue weighted by molar-refractivity contribution is -0.127. The molecule has 1 saturated heterocycles. The van der Waals surface area contributed by atoms with Gasteiger partial charge in [0.2, 0.25) is 22.7 Å². The van der Waals surface area contributed by atoms with Gasteiger partial charge in [-0.05, 0) is 55.7 Å². The molecule has 0 bridgehead atoms. The summed E-state index contributed by atoms with van der Waals surface area (Å²) in [6.45, 7) is 7.08. The van der Waals surface area contributed by atoms with Crippen LogP contribution in [-0.4, -0.2) is 56.5 Å². The molecule has 2 aliphatic heterocycles. The topological polar surface area (TPSA) is 76.2 Å². The van der Waals surface area contributed by atoms with E-state index < -0.39 is 10.0 Å². The summed E-state index contributed by atoms with van der Waals surface area (Å²) in [7, 11) is -3.60. The second-order valence-electron chi connectivity index (χ2n) is 7.90. The molecule has 0 spiro atoms. The first-order valence-electron chi connectivity index (χ1n) is 10.2. The Hall–Kier alpha value is -2.84. The largest absolute Gasteiger partial charge is 0.454 e. The van der Waals surface area contributed by atoms with Gasteiger partial charge in [-0.15, -0.1) is 0 Å². The fourth-order valence-electron chi connectivity index (χ4n) is 4.14. The van der Waals surface area contributed by atoms with Crippen molar-refractivity contribution in [3.63, 3.8) is 0 Å². The van der Waals surface area contributed by atoms with Crippen molar-refractivity contribution in [2.45, 2.75) is 25.7 Å². The highest BCUT2D eigenvalue weighted by Crippen LogP contribution is 2.33. The fraction of sp³-hybridized carbons (Fsp3) is 0.348. The van der Waals surface area contributed by atoms with E-state index in [0.717, 1.165) is 22.3 Å². The summed E-state index contributed by atoms with van der Waals surface area (Å²) < 4.78 is 38.5. The number of ether oxygens (including phenoxy) is 2. The van der Waals surface area contributed by atoms with Crippen LogP contribution in [-0.2, 0) is 14.8 Å². The number of carbonyl (C=O) groups is 1. The number of fused-ring (bicyclic) bond motifs is 1. The van der Waals surface area contributed by atoms with Crippen molar-refractivity contribution in [3.8, 4) is 11.5 Å². The Balaban J connectivity index is 1.41. The number of hydrogen-bond donors (Lipinski definition) is 0. The highest BCUT2D eigenvalue weighted by Gasteiger charge is 2.31. The Bertz CT molecular complexity index is 1130. The standard InChI is InChI=1S/C23H26N2O5S/c1-16-12-17(2)23(18(3)13-16)31(27,28)25-10-8-24(9-11-25)22(26)7-5-19-4-6-20-21(14-19)30-15-29-20/h4-7,12-14H,8-11,15H2,1-3H3/b7-5+. The van der Waals surface area contributed by atoms with E-state index in [-0.39, 0.29) is 25.8 Å². The lowest BCUT2D eigenvalue weighted by Gasteiger charge is -2.34. The average molecular weight is 443 g/mol. The molecule has 0 unspecified atom stereocenters. The maximum absolute atomic E-state index is 13.2. The van der Waals surface area contributed by atoms with Crippen molar-refractivity contribution in [1.29, 1.82) is 0 Å². The molecule has 0 N–H and O–H groups in total. The smallest absolute Gasteiger partial charge is 0.246 e. The minimum atomic E-state index is -3.60. The molecular weight excluding hydrogens is 416 g/mol. The minimum absolute atomic E-state index is 0.141. The Morgan fingerprint density at radius 1 is 0.935 bits per heavy atom. The first-order valence-corrected chi connectivity index (χ1v) is 11.6. The van der Waals surface area contributed by atoms with Crippen LogP contribution in [0.25, 0.3) is 6.08 Å². The van der Waals surface area contributed by atoms with E-state index >= 15 is 0 Å². The summed E-state index contributed by atoms with van der Waals surface area (Å²) in [5, 5.41) is 0. The molecule has 2 heterocycles. The minimum Gasteiger partial charge on any atom is -0.454 e. The highest BCUT2D eigenvalue weighted by molar-refractivity contribution is 7.89. The zero-order valence-electron chi connectivity index (χ0n) is 17.9. The van der Waals surface area contributed by atoms with Crippen LogP contribution in [0.3, 0.4) is 0 Å². The van der Waals surface area contributed by atoms with E-state index in [4.69, 9.17) is 9.47 Å². The monoisotopic (exact) mass is 442 g/mol. The zero-order valence-corrected chi connectivity index (χ0v) is 18.7. The third-order valence-corrected chi connectivity index (χ3v) is 7.77. The third-order valence-electron chi connectivity index (χ3n) is 5.57. The summed E-state index contributed by atoms with van der Waals surface area (Å²) in [6.07, 6.45) is 3.24. The van der Waals surface area contributed by atoms with E-state index in [1.807, 2.05) is 51.1 Å². The van der Waals surface area contributed by atoms with Crippen LogP contribution in [0.1, 0.15) is 22.3 Å². The van der Waals surface area contributed by atoms with Gasteiger partial charge in [-0.3, -0.25) is 4.79 Å².